The zero-order valence-corrected chi connectivity index (χ0v) is 21.6. The zero-order chi connectivity index (χ0) is 27.5. The van der Waals surface area contributed by atoms with E-state index in [0.29, 0.717) is 51.7 Å². The van der Waals surface area contributed by atoms with Gasteiger partial charge in [0.1, 0.15) is 28.9 Å². The molecule has 0 unspecified atom stereocenters. The lowest BCUT2D eigenvalue weighted by Crippen LogP contribution is -2.24. The SMILES string of the molecule is C=CC(=O)N(C)C/C=C/c1ccc2ncnc(Nc3ccc(Oc4cnc5c(c4)ncn5C)c(C)c3F)c2n1. The number of likely N-dealkylation sites (N-methyl/N-ethyl adjacent to an activating group) is 1. The first-order chi connectivity index (χ1) is 18.8. The maximum atomic E-state index is 15.4. The summed E-state index contributed by atoms with van der Waals surface area (Å²) in [5.41, 5.74) is 3.64. The van der Waals surface area contributed by atoms with Gasteiger partial charge in [-0.3, -0.25) is 4.79 Å². The molecule has 4 aromatic heterocycles. The van der Waals surface area contributed by atoms with Crippen LogP contribution in [0.15, 0.2) is 67.9 Å². The summed E-state index contributed by atoms with van der Waals surface area (Å²) < 4.78 is 23.2. The molecule has 10 nitrogen and oxygen atoms in total. The number of aryl methyl sites for hydroxylation is 1. The van der Waals surface area contributed by atoms with Crippen molar-refractivity contribution in [2.45, 2.75) is 6.92 Å². The molecule has 39 heavy (non-hydrogen) atoms. The van der Waals surface area contributed by atoms with Crippen LogP contribution in [0.1, 0.15) is 11.3 Å². The summed E-state index contributed by atoms with van der Waals surface area (Å²) in [6.07, 6.45) is 9.50. The van der Waals surface area contributed by atoms with Crippen molar-refractivity contribution >= 4 is 45.7 Å². The number of ether oxygens (including phenoxy) is 1. The number of fused-ring (bicyclic) bond motifs is 2. The van der Waals surface area contributed by atoms with Crippen LogP contribution in [0.25, 0.3) is 28.3 Å². The average Bonchev–Trinajstić information content (AvgIpc) is 3.32. The van der Waals surface area contributed by atoms with Gasteiger partial charge < -0.3 is 19.5 Å². The number of aromatic nitrogens is 6. The third-order valence-corrected chi connectivity index (χ3v) is 6.07. The highest BCUT2D eigenvalue weighted by Crippen LogP contribution is 2.33. The minimum Gasteiger partial charge on any atom is -0.455 e. The molecule has 196 valence electrons. The van der Waals surface area contributed by atoms with E-state index in [1.54, 1.807) is 67.5 Å². The van der Waals surface area contributed by atoms with Crippen LogP contribution in [-0.4, -0.2) is 53.9 Å². The number of anilines is 2. The smallest absolute Gasteiger partial charge is 0.245 e. The van der Waals surface area contributed by atoms with E-state index >= 15 is 4.39 Å². The third kappa shape index (κ3) is 5.28. The quantitative estimate of drug-likeness (QED) is 0.284. The van der Waals surface area contributed by atoms with E-state index in [4.69, 9.17) is 4.74 Å². The number of hydrogen-bond acceptors (Lipinski definition) is 8. The summed E-state index contributed by atoms with van der Waals surface area (Å²) in [6, 6.07) is 8.62. The Morgan fingerprint density at radius 1 is 1.18 bits per heavy atom. The van der Waals surface area contributed by atoms with Gasteiger partial charge in [0.05, 0.1) is 29.4 Å². The van der Waals surface area contributed by atoms with Crippen LogP contribution < -0.4 is 10.1 Å². The number of rotatable bonds is 8. The van der Waals surface area contributed by atoms with Crippen molar-refractivity contribution in [3.8, 4) is 11.5 Å². The maximum Gasteiger partial charge on any atom is 0.245 e. The Bertz CT molecular complexity index is 1750. The number of carbonyl (C=O) groups is 1. The normalized spacial score (nSPS) is 11.3. The van der Waals surface area contributed by atoms with Crippen molar-refractivity contribution in [2.75, 3.05) is 18.9 Å². The van der Waals surface area contributed by atoms with E-state index in [0.717, 1.165) is 5.65 Å². The van der Waals surface area contributed by atoms with E-state index in [-0.39, 0.29) is 11.6 Å². The van der Waals surface area contributed by atoms with Crippen LogP contribution in [0.4, 0.5) is 15.9 Å². The van der Waals surface area contributed by atoms with Crippen molar-refractivity contribution in [2.24, 2.45) is 7.05 Å². The standard InChI is InChI=1S/C28H25FN8O2/c1-5-24(38)36(3)12-6-7-18-8-9-21-26(34-18)27(32-15-31-21)35-20-10-11-23(17(2)25(20)29)39-19-13-22-28(30-14-19)37(4)16-33-22/h5-11,13-16H,1,12H2,2-4H3,(H,31,32,35)/b7-6+. The highest BCUT2D eigenvalue weighted by molar-refractivity contribution is 5.88. The predicted molar refractivity (Wildman–Crippen MR) is 147 cm³/mol. The number of nitrogens with zero attached hydrogens (tertiary/aromatic N) is 7. The number of benzene rings is 1. The van der Waals surface area contributed by atoms with Crippen LogP contribution in [-0.2, 0) is 11.8 Å². The lowest BCUT2D eigenvalue weighted by molar-refractivity contribution is -0.124. The molecular formula is C28H25FN8O2. The van der Waals surface area contributed by atoms with Gasteiger partial charge in [-0.15, -0.1) is 0 Å². The fourth-order valence-electron chi connectivity index (χ4n) is 3.90. The Labute approximate surface area is 223 Å². The lowest BCUT2D eigenvalue weighted by atomic mass is 10.1. The Morgan fingerprint density at radius 3 is 2.85 bits per heavy atom. The van der Waals surface area contributed by atoms with E-state index in [2.05, 4.69) is 36.8 Å². The Balaban J connectivity index is 1.38. The largest absolute Gasteiger partial charge is 0.455 e. The molecule has 1 amide bonds. The highest BCUT2D eigenvalue weighted by atomic mass is 19.1. The van der Waals surface area contributed by atoms with Crippen LogP contribution in [0.2, 0.25) is 0 Å². The summed E-state index contributed by atoms with van der Waals surface area (Å²) in [5, 5.41) is 3.04. The Morgan fingerprint density at radius 2 is 2.03 bits per heavy atom. The second-order valence-corrected chi connectivity index (χ2v) is 8.80. The van der Waals surface area contributed by atoms with Crippen LogP contribution in [0, 0.1) is 12.7 Å². The number of halogens is 1. The molecule has 0 aliphatic rings. The predicted octanol–water partition coefficient (Wildman–Crippen LogP) is 4.95. The van der Waals surface area contributed by atoms with Crippen LogP contribution in [0.3, 0.4) is 0 Å². The third-order valence-electron chi connectivity index (χ3n) is 6.07. The summed E-state index contributed by atoms with van der Waals surface area (Å²) in [7, 11) is 3.54. The molecule has 0 bridgehead atoms. The van der Waals surface area contributed by atoms with Gasteiger partial charge in [-0.25, -0.2) is 29.3 Å². The molecular weight excluding hydrogens is 499 g/mol. The van der Waals surface area contributed by atoms with E-state index in [1.165, 1.54) is 17.3 Å². The summed E-state index contributed by atoms with van der Waals surface area (Å²) >= 11 is 0. The average molecular weight is 525 g/mol. The Kier molecular flexibility index (Phi) is 6.96. The summed E-state index contributed by atoms with van der Waals surface area (Å²) in [5.74, 6) is 0.498. The maximum absolute atomic E-state index is 15.4. The lowest BCUT2D eigenvalue weighted by Gasteiger charge is -2.14. The number of carbonyl (C=O) groups excluding carboxylic acids is 1. The first kappa shape index (κ1) is 25.5. The first-order valence-electron chi connectivity index (χ1n) is 12.0. The fourth-order valence-corrected chi connectivity index (χ4v) is 3.90. The molecule has 4 heterocycles. The number of hydrogen-bond donors (Lipinski definition) is 1. The van der Waals surface area contributed by atoms with Crippen molar-refractivity contribution in [1.82, 2.24) is 34.4 Å². The second-order valence-electron chi connectivity index (χ2n) is 8.80. The molecule has 11 heteroatoms. The topological polar surface area (TPSA) is 111 Å². The number of imidazole rings is 1. The van der Waals surface area contributed by atoms with Gasteiger partial charge in [0, 0.05) is 32.3 Å². The minimum atomic E-state index is -0.489. The van der Waals surface area contributed by atoms with Crippen molar-refractivity contribution in [3.05, 3.63) is 85.0 Å². The van der Waals surface area contributed by atoms with Gasteiger partial charge in [0.25, 0.3) is 0 Å². The molecule has 0 fully saturated rings. The molecule has 5 rings (SSSR count). The number of pyridine rings is 2. The van der Waals surface area contributed by atoms with Gasteiger partial charge in [0.15, 0.2) is 17.3 Å². The molecule has 0 atom stereocenters. The second kappa shape index (κ2) is 10.7. The van der Waals surface area contributed by atoms with Crippen molar-refractivity contribution in [3.63, 3.8) is 0 Å². The Hall–Kier alpha value is -5.19. The van der Waals surface area contributed by atoms with Gasteiger partial charge in [-0.05, 0) is 43.3 Å². The van der Waals surface area contributed by atoms with Crippen LogP contribution in [0.5, 0.6) is 11.5 Å². The van der Waals surface area contributed by atoms with Crippen molar-refractivity contribution < 1.29 is 13.9 Å². The van der Waals surface area contributed by atoms with Crippen LogP contribution >= 0.6 is 0 Å². The fraction of sp³-hybridized carbons (Fsp3) is 0.143. The molecule has 1 N–H and O–H groups in total. The van der Waals surface area contributed by atoms with Crippen molar-refractivity contribution in [1.29, 1.82) is 0 Å². The number of amides is 1. The molecule has 0 aliphatic heterocycles. The monoisotopic (exact) mass is 524 g/mol. The van der Waals surface area contributed by atoms with Gasteiger partial charge in [-0.1, -0.05) is 12.7 Å². The van der Waals surface area contributed by atoms with E-state index in [1.807, 2.05) is 13.1 Å². The van der Waals surface area contributed by atoms with Gasteiger partial charge in [-0.2, -0.15) is 0 Å². The molecule has 0 spiro atoms. The van der Waals surface area contributed by atoms with Gasteiger partial charge >= 0.3 is 0 Å². The molecule has 1 aromatic carbocycles. The van der Waals surface area contributed by atoms with Gasteiger partial charge in [0.2, 0.25) is 5.91 Å². The summed E-state index contributed by atoms with van der Waals surface area (Å²) in [4.78, 5) is 35.0. The highest BCUT2D eigenvalue weighted by Gasteiger charge is 2.15. The van der Waals surface area contributed by atoms with E-state index < -0.39 is 5.82 Å². The first-order valence-corrected chi connectivity index (χ1v) is 12.0. The van der Waals surface area contributed by atoms with E-state index in [9.17, 15) is 4.79 Å². The summed E-state index contributed by atoms with van der Waals surface area (Å²) in [6.45, 7) is 5.51. The molecule has 0 aliphatic carbocycles. The molecule has 0 saturated carbocycles. The molecule has 5 aromatic rings. The molecule has 0 saturated heterocycles. The zero-order valence-electron chi connectivity index (χ0n) is 21.6. The minimum absolute atomic E-state index is 0.175. The molecule has 0 radical (unpaired) electrons. The number of nitrogens with one attached hydrogen (secondary N) is 1.